The van der Waals surface area contributed by atoms with Gasteiger partial charge in [0.05, 0.1) is 24.3 Å². The smallest absolute Gasteiger partial charge is 0.160 e. The molecule has 3 nitrogen and oxygen atoms in total. The first kappa shape index (κ1) is 13.9. The molecular formula is C16H17BrO3. The Kier molecular flexibility index (Phi) is 4.55. The fraction of sp³-hybridized carbons (Fsp3) is 0.375. The van der Waals surface area contributed by atoms with E-state index in [4.69, 9.17) is 14.2 Å². The Labute approximate surface area is 127 Å². The molecule has 0 bridgehead atoms. The molecule has 0 aliphatic carbocycles. The molecule has 106 valence electrons. The molecule has 0 aromatic heterocycles. The summed E-state index contributed by atoms with van der Waals surface area (Å²) in [5, 5.41) is 2.36. The second kappa shape index (κ2) is 6.57. The first-order valence-corrected chi connectivity index (χ1v) is 7.67. The molecule has 1 aliphatic rings. The summed E-state index contributed by atoms with van der Waals surface area (Å²) < 4.78 is 17.8. The van der Waals surface area contributed by atoms with Gasteiger partial charge < -0.3 is 14.2 Å². The van der Waals surface area contributed by atoms with Gasteiger partial charge in [0.15, 0.2) is 6.29 Å². The lowest BCUT2D eigenvalue weighted by Crippen LogP contribution is -2.26. The molecule has 0 N–H and O–H groups in total. The average molecular weight is 337 g/mol. The molecule has 0 unspecified atom stereocenters. The van der Waals surface area contributed by atoms with Crippen LogP contribution in [0.5, 0.6) is 5.75 Å². The summed E-state index contributed by atoms with van der Waals surface area (Å²) in [4.78, 5) is 0. The zero-order valence-corrected chi connectivity index (χ0v) is 12.8. The molecule has 1 fully saturated rings. The standard InChI is InChI=1S/C16H17BrO3/c17-16-13-5-2-1-4-12(13)6-7-14(16)18-11-8-15-19-9-3-10-20-15/h1-2,4-7,15H,3,8-11H2. The van der Waals surface area contributed by atoms with Crippen molar-refractivity contribution >= 4 is 26.7 Å². The van der Waals surface area contributed by atoms with Crippen LogP contribution in [0, 0.1) is 0 Å². The topological polar surface area (TPSA) is 27.7 Å². The van der Waals surface area contributed by atoms with Crippen LogP contribution in [0.15, 0.2) is 40.9 Å². The Morgan fingerprint density at radius 3 is 2.75 bits per heavy atom. The number of rotatable bonds is 4. The van der Waals surface area contributed by atoms with Crippen LogP contribution in [0.25, 0.3) is 10.8 Å². The van der Waals surface area contributed by atoms with Gasteiger partial charge in [-0.15, -0.1) is 0 Å². The first-order chi connectivity index (χ1) is 9.84. The van der Waals surface area contributed by atoms with Gasteiger partial charge in [0.1, 0.15) is 5.75 Å². The molecule has 1 heterocycles. The molecule has 2 aromatic rings. The summed E-state index contributed by atoms with van der Waals surface area (Å²) >= 11 is 3.62. The molecule has 3 rings (SSSR count). The minimum atomic E-state index is -0.122. The molecule has 0 amide bonds. The highest BCUT2D eigenvalue weighted by atomic mass is 79.9. The van der Waals surface area contributed by atoms with Gasteiger partial charge in [0.25, 0.3) is 0 Å². The van der Waals surface area contributed by atoms with Crippen LogP contribution in [-0.2, 0) is 9.47 Å². The van der Waals surface area contributed by atoms with E-state index in [2.05, 4.69) is 34.1 Å². The van der Waals surface area contributed by atoms with Crippen molar-refractivity contribution in [3.05, 3.63) is 40.9 Å². The van der Waals surface area contributed by atoms with Crippen molar-refractivity contribution in [2.45, 2.75) is 19.1 Å². The third-order valence-electron chi connectivity index (χ3n) is 3.34. The van der Waals surface area contributed by atoms with E-state index in [1.807, 2.05) is 18.2 Å². The van der Waals surface area contributed by atoms with Crippen LogP contribution in [0.4, 0.5) is 0 Å². The van der Waals surface area contributed by atoms with Gasteiger partial charge in [0.2, 0.25) is 0 Å². The van der Waals surface area contributed by atoms with Crippen molar-refractivity contribution in [1.82, 2.24) is 0 Å². The Hall–Kier alpha value is -1.10. The maximum absolute atomic E-state index is 5.84. The van der Waals surface area contributed by atoms with Crippen molar-refractivity contribution in [3.8, 4) is 5.75 Å². The zero-order chi connectivity index (χ0) is 13.8. The van der Waals surface area contributed by atoms with Crippen LogP contribution in [0.3, 0.4) is 0 Å². The maximum atomic E-state index is 5.84. The molecule has 20 heavy (non-hydrogen) atoms. The van der Waals surface area contributed by atoms with Gasteiger partial charge in [-0.1, -0.05) is 30.3 Å². The quantitative estimate of drug-likeness (QED) is 0.839. The Bertz CT molecular complexity index is 579. The van der Waals surface area contributed by atoms with Crippen molar-refractivity contribution in [2.24, 2.45) is 0 Å². The molecule has 2 aromatic carbocycles. The predicted octanol–water partition coefficient (Wildman–Crippen LogP) is 4.13. The van der Waals surface area contributed by atoms with Crippen LogP contribution < -0.4 is 4.74 Å². The van der Waals surface area contributed by atoms with Crippen LogP contribution >= 0.6 is 15.9 Å². The average Bonchev–Trinajstić information content (AvgIpc) is 2.51. The number of ether oxygens (including phenoxy) is 3. The van der Waals surface area contributed by atoms with Crippen LogP contribution in [-0.4, -0.2) is 26.1 Å². The van der Waals surface area contributed by atoms with E-state index >= 15 is 0 Å². The normalized spacial score (nSPS) is 16.4. The minimum absolute atomic E-state index is 0.122. The molecule has 4 heteroatoms. The number of benzene rings is 2. The molecule has 0 spiro atoms. The van der Waals surface area contributed by atoms with E-state index in [0.29, 0.717) is 6.61 Å². The molecule has 0 atom stereocenters. The van der Waals surface area contributed by atoms with E-state index < -0.39 is 0 Å². The van der Waals surface area contributed by atoms with Gasteiger partial charge in [0, 0.05) is 6.42 Å². The fourth-order valence-electron chi connectivity index (χ4n) is 2.29. The summed E-state index contributed by atoms with van der Waals surface area (Å²) in [6, 6.07) is 12.3. The monoisotopic (exact) mass is 336 g/mol. The number of hydrogen-bond acceptors (Lipinski definition) is 3. The number of fused-ring (bicyclic) bond motifs is 1. The number of halogens is 1. The molecule has 1 saturated heterocycles. The second-order valence-corrected chi connectivity index (χ2v) is 5.55. The van der Waals surface area contributed by atoms with Crippen LogP contribution in [0.2, 0.25) is 0 Å². The van der Waals surface area contributed by atoms with Crippen molar-refractivity contribution in [3.63, 3.8) is 0 Å². The van der Waals surface area contributed by atoms with E-state index in [9.17, 15) is 0 Å². The van der Waals surface area contributed by atoms with E-state index in [1.54, 1.807) is 0 Å². The lowest BCUT2D eigenvalue weighted by Gasteiger charge is -2.23. The zero-order valence-electron chi connectivity index (χ0n) is 11.2. The highest BCUT2D eigenvalue weighted by molar-refractivity contribution is 9.10. The van der Waals surface area contributed by atoms with Crippen molar-refractivity contribution in [1.29, 1.82) is 0 Å². The summed E-state index contributed by atoms with van der Waals surface area (Å²) in [5.41, 5.74) is 0. The van der Waals surface area contributed by atoms with Gasteiger partial charge in [-0.25, -0.2) is 0 Å². The predicted molar refractivity (Wildman–Crippen MR) is 82.1 cm³/mol. The summed E-state index contributed by atoms with van der Waals surface area (Å²) in [7, 11) is 0. The Morgan fingerprint density at radius 2 is 1.90 bits per heavy atom. The van der Waals surface area contributed by atoms with Gasteiger partial charge in [-0.3, -0.25) is 0 Å². The number of hydrogen-bond donors (Lipinski definition) is 0. The summed E-state index contributed by atoms with van der Waals surface area (Å²) in [6.45, 7) is 2.15. The van der Waals surface area contributed by atoms with Gasteiger partial charge >= 0.3 is 0 Å². The molecule has 0 saturated carbocycles. The SMILES string of the molecule is Brc1c(OCCC2OCCCO2)ccc2ccccc12. The summed E-state index contributed by atoms with van der Waals surface area (Å²) in [6.07, 6.45) is 1.61. The first-order valence-electron chi connectivity index (χ1n) is 6.88. The van der Waals surface area contributed by atoms with Gasteiger partial charge in [-0.2, -0.15) is 0 Å². The van der Waals surface area contributed by atoms with E-state index in [1.165, 1.54) is 5.39 Å². The van der Waals surface area contributed by atoms with Crippen molar-refractivity contribution < 1.29 is 14.2 Å². The van der Waals surface area contributed by atoms with E-state index in [0.717, 1.165) is 41.7 Å². The van der Waals surface area contributed by atoms with Gasteiger partial charge in [-0.05, 0) is 39.2 Å². The molecule has 1 aliphatic heterocycles. The molecular weight excluding hydrogens is 320 g/mol. The second-order valence-electron chi connectivity index (χ2n) is 4.76. The third-order valence-corrected chi connectivity index (χ3v) is 4.15. The Balaban J connectivity index is 1.63. The van der Waals surface area contributed by atoms with Crippen molar-refractivity contribution in [2.75, 3.05) is 19.8 Å². The molecule has 0 radical (unpaired) electrons. The summed E-state index contributed by atoms with van der Waals surface area (Å²) in [5.74, 6) is 0.861. The van der Waals surface area contributed by atoms with Crippen LogP contribution in [0.1, 0.15) is 12.8 Å². The minimum Gasteiger partial charge on any atom is -0.492 e. The third kappa shape index (κ3) is 3.14. The fourth-order valence-corrected chi connectivity index (χ4v) is 2.90. The Morgan fingerprint density at radius 1 is 1.10 bits per heavy atom. The highest BCUT2D eigenvalue weighted by Gasteiger charge is 2.14. The maximum Gasteiger partial charge on any atom is 0.160 e. The lowest BCUT2D eigenvalue weighted by atomic mass is 10.1. The highest BCUT2D eigenvalue weighted by Crippen LogP contribution is 2.33. The van der Waals surface area contributed by atoms with E-state index in [-0.39, 0.29) is 6.29 Å². The lowest BCUT2D eigenvalue weighted by molar-refractivity contribution is -0.183. The largest absolute Gasteiger partial charge is 0.492 e.